The SMILES string of the molecule is CC(=O)Nc1cccc(NC(=O)[C@@H]2CCCN(S(C)(=O)=O)C2)c1. The lowest BCUT2D eigenvalue weighted by Crippen LogP contribution is -2.43. The van der Waals surface area contributed by atoms with Crippen LogP contribution < -0.4 is 10.6 Å². The fourth-order valence-electron chi connectivity index (χ4n) is 2.58. The van der Waals surface area contributed by atoms with Crippen LogP contribution in [0.15, 0.2) is 24.3 Å². The molecule has 0 aromatic heterocycles. The van der Waals surface area contributed by atoms with Crippen molar-refractivity contribution in [3.8, 4) is 0 Å². The lowest BCUT2D eigenvalue weighted by Gasteiger charge is -2.30. The number of benzene rings is 1. The van der Waals surface area contributed by atoms with Crippen molar-refractivity contribution in [2.24, 2.45) is 5.92 Å². The number of carbonyl (C=O) groups excluding carboxylic acids is 2. The molecule has 126 valence electrons. The highest BCUT2D eigenvalue weighted by atomic mass is 32.2. The topological polar surface area (TPSA) is 95.6 Å². The first-order valence-electron chi connectivity index (χ1n) is 7.39. The summed E-state index contributed by atoms with van der Waals surface area (Å²) in [7, 11) is -3.28. The molecule has 2 N–H and O–H groups in total. The third-order valence-corrected chi connectivity index (χ3v) is 4.94. The highest BCUT2D eigenvalue weighted by molar-refractivity contribution is 7.88. The van der Waals surface area contributed by atoms with Crippen molar-refractivity contribution in [3.63, 3.8) is 0 Å². The largest absolute Gasteiger partial charge is 0.326 e. The number of nitrogens with zero attached hydrogens (tertiary/aromatic N) is 1. The van der Waals surface area contributed by atoms with Gasteiger partial charge in [0, 0.05) is 31.4 Å². The van der Waals surface area contributed by atoms with E-state index in [0.29, 0.717) is 30.8 Å². The number of hydrogen-bond acceptors (Lipinski definition) is 4. The molecule has 1 aromatic carbocycles. The summed E-state index contributed by atoms with van der Waals surface area (Å²) in [5.74, 6) is -0.772. The number of nitrogens with one attached hydrogen (secondary N) is 2. The van der Waals surface area contributed by atoms with Gasteiger partial charge in [-0.05, 0) is 31.0 Å². The van der Waals surface area contributed by atoms with Crippen LogP contribution in [0.5, 0.6) is 0 Å². The molecule has 2 amide bonds. The molecule has 1 fully saturated rings. The van der Waals surface area contributed by atoms with Crippen LogP contribution in [0, 0.1) is 5.92 Å². The Morgan fingerprint density at radius 1 is 1.22 bits per heavy atom. The van der Waals surface area contributed by atoms with Crippen LogP contribution in [-0.4, -0.2) is 43.9 Å². The third kappa shape index (κ3) is 5.04. The van der Waals surface area contributed by atoms with Gasteiger partial charge in [-0.25, -0.2) is 12.7 Å². The molecule has 0 radical (unpaired) electrons. The van der Waals surface area contributed by atoms with E-state index in [1.165, 1.54) is 11.2 Å². The normalized spacial score (nSPS) is 19.1. The van der Waals surface area contributed by atoms with E-state index in [0.717, 1.165) is 6.26 Å². The summed E-state index contributed by atoms with van der Waals surface area (Å²) in [6.07, 6.45) is 2.48. The van der Waals surface area contributed by atoms with Crippen molar-refractivity contribution in [3.05, 3.63) is 24.3 Å². The van der Waals surface area contributed by atoms with Gasteiger partial charge in [0.15, 0.2) is 0 Å². The summed E-state index contributed by atoms with van der Waals surface area (Å²) in [6.45, 7) is 2.07. The quantitative estimate of drug-likeness (QED) is 0.863. The van der Waals surface area contributed by atoms with Gasteiger partial charge >= 0.3 is 0 Å². The van der Waals surface area contributed by atoms with Gasteiger partial charge in [0.25, 0.3) is 0 Å². The molecule has 0 bridgehead atoms. The second-order valence-corrected chi connectivity index (χ2v) is 7.69. The first kappa shape index (κ1) is 17.4. The average Bonchev–Trinajstić information content (AvgIpc) is 2.46. The highest BCUT2D eigenvalue weighted by Crippen LogP contribution is 2.21. The minimum atomic E-state index is -3.28. The van der Waals surface area contributed by atoms with Crippen LogP contribution in [0.3, 0.4) is 0 Å². The first-order valence-corrected chi connectivity index (χ1v) is 9.24. The number of hydrogen-bond donors (Lipinski definition) is 2. The maximum absolute atomic E-state index is 12.4. The van der Waals surface area contributed by atoms with E-state index in [9.17, 15) is 18.0 Å². The summed E-state index contributed by atoms with van der Waals surface area (Å²) >= 11 is 0. The predicted octanol–water partition coefficient (Wildman–Crippen LogP) is 1.26. The Hall–Kier alpha value is -1.93. The number of amides is 2. The molecule has 1 aliphatic heterocycles. The molecule has 7 nitrogen and oxygen atoms in total. The van der Waals surface area contributed by atoms with Gasteiger partial charge in [0.2, 0.25) is 21.8 Å². The Balaban J connectivity index is 2.02. The van der Waals surface area contributed by atoms with Gasteiger partial charge in [-0.15, -0.1) is 0 Å². The summed E-state index contributed by atoms with van der Waals surface area (Å²) in [4.78, 5) is 23.4. The zero-order valence-electron chi connectivity index (χ0n) is 13.2. The lowest BCUT2D eigenvalue weighted by molar-refractivity contribution is -0.121. The molecular weight excluding hydrogens is 318 g/mol. The maximum atomic E-state index is 12.4. The molecule has 0 saturated carbocycles. The second kappa shape index (κ2) is 7.10. The lowest BCUT2D eigenvalue weighted by atomic mass is 9.98. The molecule has 1 saturated heterocycles. The first-order chi connectivity index (χ1) is 10.8. The molecule has 1 atom stereocenters. The Morgan fingerprint density at radius 3 is 2.48 bits per heavy atom. The number of carbonyl (C=O) groups is 2. The van der Waals surface area contributed by atoms with E-state index in [4.69, 9.17) is 0 Å². The summed E-state index contributed by atoms with van der Waals surface area (Å²) < 4.78 is 24.6. The van der Waals surface area contributed by atoms with Crippen molar-refractivity contribution < 1.29 is 18.0 Å². The van der Waals surface area contributed by atoms with Crippen LogP contribution in [0.2, 0.25) is 0 Å². The minimum Gasteiger partial charge on any atom is -0.326 e. The van der Waals surface area contributed by atoms with Gasteiger partial charge in [-0.2, -0.15) is 0 Å². The Labute approximate surface area is 136 Å². The van der Waals surface area contributed by atoms with E-state index in [-0.39, 0.29) is 24.3 Å². The molecule has 0 spiro atoms. The molecule has 2 rings (SSSR count). The maximum Gasteiger partial charge on any atom is 0.228 e. The monoisotopic (exact) mass is 339 g/mol. The van der Waals surface area contributed by atoms with Gasteiger partial charge in [0.05, 0.1) is 12.2 Å². The van der Waals surface area contributed by atoms with E-state index >= 15 is 0 Å². The molecule has 23 heavy (non-hydrogen) atoms. The number of piperidine rings is 1. The summed E-state index contributed by atoms with van der Waals surface area (Å²) in [5, 5.41) is 5.43. The van der Waals surface area contributed by atoms with Crippen molar-refractivity contribution in [2.45, 2.75) is 19.8 Å². The average molecular weight is 339 g/mol. The van der Waals surface area contributed by atoms with Crippen LogP contribution >= 0.6 is 0 Å². The van der Waals surface area contributed by atoms with Crippen LogP contribution in [0.4, 0.5) is 11.4 Å². The molecule has 1 aromatic rings. The standard InChI is InChI=1S/C15H21N3O4S/c1-11(19)16-13-6-3-7-14(9-13)17-15(20)12-5-4-8-18(10-12)23(2,21)22/h3,6-7,9,12H,4-5,8,10H2,1-2H3,(H,16,19)(H,17,20)/t12-/m1/s1. The van der Waals surface area contributed by atoms with Crippen molar-refractivity contribution in [2.75, 3.05) is 30.0 Å². The van der Waals surface area contributed by atoms with Crippen LogP contribution in [-0.2, 0) is 19.6 Å². The highest BCUT2D eigenvalue weighted by Gasteiger charge is 2.30. The van der Waals surface area contributed by atoms with Gasteiger partial charge < -0.3 is 10.6 Å². The second-order valence-electron chi connectivity index (χ2n) is 5.71. The Kier molecular flexibility index (Phi) is 5.38. The van der Waals surface area contributed by atoms with E-state index < -0.39 is 10.0 Å². The van der Waals surface area contributed by atoms with Crippen molar-refractivity contribution in [1.82, 2.24) is 4.31 Å². The number of anilines is 2. The van der Waals surface area contributed by atoms with Gasteiger partial charge in [-0.1, -0.05) is 6.07 Å². The van der Waals surface area contributed by atoms with Crippen molar-refractivity contribution in [1.29, 1.82) is 0 Å². The molecule has 1 heterocycles. The fraction of sp³-hybridized carbons (Fsp3) is 0.467. The fourth-order valence-corrected chi connectivity index (χ4v) is 3.49. The molecule has 1 aliphatic rings. The number of rotatable bonds is 4. The summed E-state index contributed by atoms with van der Waals surface area (Å²) in [6, 6.07) is 6.84. The van der Waals surface area contributed by atoms with E-state index in [2.05, 4.69) is 10.6 Å². The molecular formula is C15H21N3O4S. The van der Waals surface area contributed by atoms with Gasteiger partial charge in [-0.3, -0.25) is 9.59 Å². The zero-order valence-corrected chi connectivity index (χ0v) is 14.0. The van der Waals surface area contributed by atoms with Crippen LogP contribution in [0.1, 0.15) is 19.8 Å². The molecule has 8 heteroatoms. The third-order valence-electron chi connectivity index (χ3n) is 3.67. The molecule has 0 unspecified atom stereocenters. The molecule has 0 aliphatic carbocycles. The smallest absolute Gasteiger partial charge is 0.228 e. The van der Waals surface area contributed by atoms with Crippen LogP contribution in [0.25, 0.3) is 0 Å². The predicted molar refractivity (Wildman–Crippen MR) is 88.5 cm³/mol. The van der Waals surface area contributed by atoms with E-state index in [1.54, 1.807) is 24.3 Å². The number of sulfonamides is 1. The van der Waals surface area contributed by atoms with Crippen molar-refractivity contribution >= 4 is 33.2 Å². The Morgan fingerprint density at radius 2 is 1.87 bits per heavy atom. The minimum absolute atomic E-state index is 0.190. The zero-order chi connectivity index (χ0) is 17.0. The Bertz CT molecular complexity index is 702. The summed E-state index contributed by atoms with van der Waals surface area (Å²) in [5.41, 5.74) is 1.16. The van der Waals surface area contributed by atoms with E-state index in [1.807, 2.05) is 0 Å². The van der Waals surface area contributed by atoms with Gasteiger partial charge in [0.1, 0.15) is 0 Å².